The Labute approximate surface area is 129 Å². The van der Waals surface area contributed by atoms with E-state index in [2.05, 4.69) is 34.6 Å². The lowest BCUT2D eigenvalue weighted by Gasteiger charge is -2.10. The zero-order valence-electron chi connectivity index (χ0n) is 10.7. The predicted octanol–water partition coefficient (Wildman–Crippen LogP) is 2.73. The molecule has 0 atom stereocenters. The van der Waals surface area contributed by atoms with Gasteiger partial charge in [-0.1, -0.05) is 12.1 Å². The maximum absolute atomic E-state index is 5.91. The Morgan fingerprint density at radius 3 is 2.56 bits per heavy atom. The summed E-state index contributed by atoms with van der Waals surface area (Å²) in [4.78, 5) is 6.51. The van der Waals surface area contributed by atoms with Crippen LogP contribution >= 0.6 is 34.0 Å². The topological polar surface area (TPSA) is 47.1 Å². The number of halogens is 2. The number of fused-ring (bicyclic) bond motifs is 1. The van der Waals surface area contributed by atoms with Crippen molar-refractivity contribution in [2.45, 2.75) is 13.0 Å². The van der Waals surface area contributed by atoms with E-state index in [0.717, 1.165) is 30.5 Å². The molecule has 4 nitrogen and oxygen atoms in total. The van der Waals surface area contributed by atoms with E-state index in [1.807, 2.05) is 18.2 Å². The van der Waals surface area contributed by atoms with Gasteiger partial charge in [0.05, 0.1) is 11.0 Å². The van der Waals surface area contributed by atoms with Crippen LogP contribution in [-0.4, -0.2) is 35.1 Å². The lowest BCUT2D eigenvalue weighted by atomic mass is 10.3. The fourth-order valence-corrected chi connectivity index (χ4v) is 1.87. The molecule has 0 amide bonds. The first kappa shape index (κ1) is 17.4. The molecule has 0 aliphatic rings. The van der Waals surface area contributed by atoms with Crippen molar-refractivity contribution in [3.63, 3.8) is 0 Å². The van der Waals surface area contributed by atoms with E-state index in [4.69, 9.17) is 5.73 Å². The van der Waals surface area contributed by atoms with Crippen LogP contribution in [0.4, 0.5) is 5.95 Å². The number of hydrogen-bond acceptors (Lipinski definition) is 3. The minimum absolute atomic E-state index is 0. The summed E-state index contributed by atoms with van der Waals surface area (Å²) in [5, 5.41) is 0. The summed E-state index contributed by atoms with van der Waals surface area (Å²) in [6.07, 6.45) is 1.08. The molecule has 0 saturated heterocycles. The Kier molecular flexibility index (Phi) is 7.51. The standard InChI is InChI=1S/C12H18N4.2BrH/c1-15(2)8-5-9-16-11-7-4-3-6-10(11)14-12(16)13;;/h3-4,6-7H,5,8-9H2,1-2H3,(H2,13,14);2*1H. The third-order valence-corrected chi connectivity index (χ3v) is 2.67. The second-order valence-electron chi connectivity index (χ2n) is 4.27. The first-order valence-electron chi connectivity index (χ1n) is 5.54. The molecule has 0 unspecified atom stereocenters. The van der Waals surface area contributed by atoms with Gasteiger partial charge in [0, 0.05) is 6.54 Å². The van der Waals surface area contributed by atoms with Crippen molar-refractivity contribution in [1.29, 1.82) is 0 Å². The van der Waals surface area contributed by atoms with Crippen LogP contribution in [0.5, 0.6) is 0 Å². The van der Waals surface area contributed by atoms with Crippen molar-refractivity contribution in [3.8, 4) is 0 Å². The fourth-order valence-electron chi connectivity index (χ4n) is 1.87. The molecule has 0 aliphatic carbocycles. The van der Waals surface area contributed by atoms with Gasteiger partial charge in [0.15, 0.2) is 0 Å². The molecule has 2 N–H and O–H groups in total. The molecule has 1 aromatic carbocycles. The molecule has 0 radical (unpaired) electrons. The number of imidazole rings is 1. The van der Waals surface area contributed by atoms with Crippen LogP contribution in [0.1, 0.15) is 6.42 Å². The Balaban J connectivity index is 0.00000144. The molecule has 0 fully saturated rings. The van der Waals surface area contributed by atoms with Gasteiger partial charge in [-0.2, -0.15) is 0 Å². The van der Waals surface area contributed by atoms with Gasteiger partial charge in [-0.15, -0.1) is 34.0 Å². The van der Waals surface area contributed by atoms with Crippen LogP contribution in [0, 0.1) is 0 Å². The van der Waals surface area contributed by atoms with Crippen molar-refractivity contribution < 1.29 is 0 Å². The van der Waals surface area contributed by atoms with Gasteiger partial charge in [-0.25, -0.2) is 4.98 Å². The lowest BCUT2D eigenvalue weighted by Crippen LogP contribution is -2.15. The van der Waals surface area contributed by atoms with Gasteiger partial charge in [0.2, 0.25) is 5.95 Å². The van der Waals surface area contributed by atoms with E-state index in [9.17, 15) is 0 Å². The Morgan fingerprint density at radius 2 is 1.89 bits per heavy atom. The summed E-state index contributed by atoms with van der Waals surface area (Å²) >= 11 is 0. The summed E-state index contributed by atoms with van der Waals surface area (Å²) in [5.74, 6) is 0.611. The number of anilines is 1. The summed E-state index contributed by atoms with van der Waals surface area (Å²) in [6.45, 7) is 1.98. The van der Waals surface area contributed by atoms with Crippen LogP contribution in [0.3, 0.4) is 0 Å². The summed E-state index contributed by atoms with van der Waals surface area (Å²) in [7, 11) is 4.16. The van der Waals surface area contributed by atoms with E-state index in [1.54, 1.807) is 0 Å². The summed E-state index contributed by atoms with van der Waals surface area (Å²) in [6, 6.07) is 8.06. The third-order valence-electron chi connectivity index (χ3n) is 2.67. The molecule has 102 valence electrons. The number of rotatable bonds is 4. The highest BCUT2D eigenvalue weighted by Crippen LogP contribution is 2.17. The second-order valence-corrected chi connectivity index (χ2v) is 4.27. The molecule has 0 bridgehead atoms. The number of aromatic nitrogens is 2. The molecule has 6 heteroatoms. The molecule has 0 saturated carbocycles. The zero-order chi connectivity index (χ0) is 11.5. The number of nitrogen functional groups attached to an aromatic ring is 1. The highest BCUT2D eigenvalue weighted by molar-refractivity contribution is 8.93. The molecular weight excluding hydrogens is 360 g/mol. The van der Waals surface area contributed by atoms with E-state index in [-0.39, 0.29) is 34.0 Å². The van der Waals surface area contributed by atoms with Crippen molar-refractivity contribution in [1.82, 2.24) is 14.5 Å². The molecule has 1 heterocycles. The molecular formula is C12H20Br2N4. The number of benzene rings is 1. The number of aryl methyl sites for hydroxylation is 1. The predicted molar refractivity (Wildman–Crippen MR) is 88.0 cm³/mol. The highest BCUT2D eigenvalue weighted by Gasteiger charge is 2.06. The largest absolute Gasteiger partial charge is 0.369 e. The number of hydrogen-bond donors (Lipinski definition) is 1. The molecule has 18 heavy (non-hydrogen) atoms. The number of nitrogens with zero attached hydrogens (tertiary/aromatic N) is 3. The van der Waals surface area contributed by atoms with Crippen LogP contribution in [0.2, 0.25) is 0 Å². The van der Waals surface area contributed by atoms with E-state index in [1.165, 1.54) is 0 Å². The van der Waals surface area contributed by atoms with Gasteiger partial charge in [-0.05, 0) is 39.2 Å². The Morgan fingerprint density at radius 1 is 1.22 bits per heavy atom. The first-order valence-corrected chi connectivity index (χ1v) is 5.54. The molecule has 2 rings (SSSR count). The van der Waals surface area contributed by atoms with Crippen molar-refractivity contribution in [2.24, 2.45) is 0 Å². The SMILES string of the molecule is Br.Br.CN(C)CCCn1c(N)nc2ccccc21. The number of nitrogens with two attached hydrogens (primary N) is 1. The maximum Gasteiger partial charge on any atom is 0.201 e. The fraction of sp³-hybridized carbons (Fsp3) is 0.417. The quantitative estimate of drug-likeness (QED) is 0.888. The van der Waals surface area contributed by atoms with Gasteiger partial charge in [0.25, 0.3) is 0 Å². The summed E-state index contributed by atoms with van der Waals surface area (Å²) in [5.41, 5.74) is 8.01. The van der Waals surface area contributed by atoms with Crippen LogP contribution < -0.4 is 5.73 Å². The van der Waals surface area contributed by atoms with Gasteiger partial charge < -0.3 is 15.2 Å². The number of para-hydroxylation sites is 2. The normalized spacial score (nSPS) is 10.2. The Hall–Kier alpha value is -0.590. The average molecular weight is 380 g/mol. The lowest BCUT2D eigenvalue weighted by molar-refractivity contribution is 0.388. The second kappa shape index (κ2) is 7.76. The van der Waals surface area contributed by atoms with Crippen LogP contribution in [0.15, 0.2) is 24.3 Å². The molecule has 2 aromatic rings. The van der Waals surface area contributed by atoms with E-state index < -0.39 is 0 Å². The Bertz CT molecular complexity index is 482. The smallest absolute Gasteiger partial charge is 0.201 e. The van der Waals surface area contributed by atoms with E-state index >= 15 is 0 Å². The maximum atomic E-state index is 5.91. The minimum atomic E-state index is 0. The van der Waals surface area contributed by atoms with Gasteiger partial charge in [-0.3, -0.25) is 0 Å². The third kappa shape index (κ3) is 3.96. The van der Waals surface area contributed by atoms with Gasteiger partial charge in [0.1, 0.15) is 0 Å². The highest BCUT2D eigenvalue weighted by atomic mass is 79.9. The molecule has 0 aliphatic heterocycles. The van der Waals surface area contributed by atoms with Crippen molar-refractivity contribution in [3.05, 3.63) is 24.3 Å². The molecule has 1 aromatic heterocycles. The minimum Gasteiger partial charge on any atom is -0.369 e. The first-order chi connectivity index (χ1) is 7.68. The van der Waals surface area contributed by atoms with Crippen molar-refractivity contribution in [2.75, 3.05) is 26.4 Å². The van der Waals surface area contributed by atoms with Gasteiger partial charge >= 0.3 is 0 Å². The monoisotopic (exact) mass is 378 g/mol. The average Bonchev–Trinajstić information content (AvgIpc) is 2.55. The summed E-state index contributed by atoms with van der Waals surface area (Å²) < 4.78 is 2.08. The van der Waals surface area contributed by atoms with Crippen molar-refractivity contribution >= 4 is 50.9 Å². The van der Waals surface area contributed by atoms with Crippen LogP contribution in [-0.2, 0) is 6.54 Å². The van der Waals surface area contributed by atoms with Crippen LogP contribution in [0.25, 0.3) is 11.0 Å². The molecule has 0 spiro atoms. The zero-order valence-corrected chi connectivity index (χ0v) is 14.1. The van der Waals surface area contributed by atoms with E-state index in [0.29, 0.717) is 5.95 Å².